The van der Waals surface area contributed by atoms with Crippen molar-refractivity contribution in [2.45, 2.75) is 0 Å². The third-order valence-electron chi connectivity index (χ3n) is 11.1. The topological polar surface area (TPSA) is 13.1 Å². The quantitative estimate of drug-likeness (QED) is 0.131. The van der Waals surface area contributed by atoms with Gasteiger partial charge in [0.2, 0.25) is 0 Å². The molecule has 0 aliphatic heterocycles. The van der Waals surface area contributed by atoms with Crippen molar-refractivity contribution >= 4 is 54.3 Å². The number of fused-ring (bicyclic) bond motifs is 2. The summed E-state index contributed by atoms with van der Waals surface area (Å²) in [6.07, 6.45) is 0. The van der Waals surface area contributed by atoms with Crippen molar-refractivity contribution in [2.24, 2.45) is 0 Å². The van der Waals surface area contributed by atoms with E-state index in [2.05, 4.69) is 194 Å². The van der Waals surface area contributed by atoms with Crippen molar-refractivity contribution in [1.29, 1.82) is 0 Å². The Morgan fingerprint density at radius 2 is 0.774 bits per heavy atom. The summed E-state index contributed by atoms with van der Waals surface area (Å²) < 4.78 is 6.71. The van der Waals surface area contributed by atoms with Crippen LogP contribution in [-0.4, -0.2) is 0 Å². The van der Waals surface area contributed by atoms with Gasteiger partial charge in [-0.25, -0.2) is 0 Å². The van der Waals surface area contributed by atoms with Gasteiger partial charge in [0.05, 0.1) is 0 Å². The van der Waals surface area contributed by atoms with Crippen LogP contribution in [0.25, 0.3) is 110 Å². The number of hydrogen-bond acceptors (Lipinski definition) is 1. The Bertz CT molecular complexity index is 3060. The normalized spacial score (nSPS) is 11.8. The van der Waals surface area contributed by atoms with E-state index in [1.54, 1.807) is 0 Å². The van der Waals surface area contributed by atoms with Crippen molar-refractivity contribution in [1.82, 2.24) is 0 Å². The van der Waals surface area contributed by atoms with Crippen molar-refractivity contribution in [2.75, 3.05) is 0 Å². The molecule has 11 aromatic rings. The first-order valence-corrected chi connectivity index (χ1v) is 18.3. The maximum absolute atomic E-state index is 6.71. The Balaban J connectivity index is 1.11. The number of hydrogen-bond donors (Lipinski definition) is 0. The number of rotatable bonds is 5. The fourth-order valence-corrected chi connectivity index (χ4v) is 8.62. The lowest BCUT2D eigenvalue weighted by atomic mass is 9.83. The summed E-state index contributed by atoms with van der Waals surface area (Å²) in [6.45, 7) is 0. The van der Waals surface area contributed by atoms with E-state index >= 15 is 0 Å². The van der Waals surface area contributed by atoms with E-state index < -0.39 is 0 Å². The molecule has 1 heteroatoms. The van der Waals surface area contributed by atoms with Crippen LogP contribution in [0.1, 0.15) is 0 Å². The Labute approximate surface area is 307 Å². The molecule has 0 unspecified atom stereocenters. The van der Waals surface area contributed by atoms with Crippen LogP contribution >= 0.6 is 0 Å². The summed E-state index contributed by atoms with van der Waals surface area (Å²) in [7, 11) is 0. The number of benzene rings is 10. The molecule has 0 fully saturated rings. The van der Waals surface area contributed by atoms with Crippen LogP contribution < -0.4 is 0 Å². The van der Waals surface area contributed by atoms with E-state index in [0.29, 0.717) is 0 Å². The smallest absolute Gasteiger partial charge is 0.143 e. The standard InChI is InChI=1S/C52H32O/c1-3-12-33(13-4-1)34-22-24-35(25-23-34)36-26-28-38(29-27-36)48-41-17-7-9-19-43(41)50(44-20-10-8-18-42(44)48)46-32-39-16-11-21-47-49(39)51-45(46)31-30-40(52(51)53-47)37-14-5-2-6-15-37/h1-32H. The van der Waals surface area contributed by atoms with Gasteiger partial charge in [-0.15, -0.1) is 0 Å². The highest BCUT2D eigenvalue weighted by Gasteiger charge is 2.23. The summed E-state index contributed by atoms with van der Waals surface area (Å²) in [5, 5.41) is 9.77. The Hall–Kier alpha value is -6.96. The SMILES string of the molecule is c1ccc(-c2ccc(-c3ccc(-c4c5ccccc5c(-c5cc6cccc7oc8c(-c9ccccc9)ccc5c8c67)c5ccccc45)cc3)cc2)cc1. The van der Waals surface area contributed by atoms with E-state index in [-0.39, 0.29) is 0 Å². The van der Waals surface area contributed by atoms with E-state index in [0.717, 1.165) is 22.3 Å². The minimum absolute atomic E-state index is 0.929. The number of furan rings is 1. The van der Waals surface area contributed by atoms with E-state index in [1.807, 2.05) is 0 Å². The minimum atomic E-state index is 0.929. The average molecular weight is 673 g/mol. The molecule has 10 aromatic carbocycles. The molecule has 246 valence electrons. The van der Waals surface area contributed by atoms with E-state index in [4.69, 9.17) is 4.42 Å². The predicted octanol–water partition coefficient (Wildman–Crippen LogP) is 14.8. The van der Waals surface area contributed by atoms with Gasteiger partial charge in [-0.2, -0.15) is 0 Å². The molecule has 1 heterocycles. The van der Waals surface area contributed by atoms with Gasteiger partial charge in [-0.1, -0.05) is 176 Å². The molecule has 0 saturated heterocycles. The fraction of sp³-hybridized carbons (Fsp3) is 0. The Kier molecular flexibility index (Phi) is 6.62. The molecule has 11 rings (SSSR count). The first kappa shape index (κ1) is 29.7. The summed E-state index contributed by atoms with van der Waals surface area (Å²) in [5.74, 6) is 0. The lowest BCUT2D eigenvalue weighted by Gasteiger charge is -2.19. The summed E-state index contributed by atoms with van der Waals surface area (Å²) in [5.41, 5.74) is 14.0. The van der Waals surface area contributed by atoms with Gasteiger partial charge < -0.3 is 4.42 Å². The molecule has 0 amide bonds. The van der Waals surface area contributed by atoms with Crippen LogP contribution in [0, 0.1) is 0 Å². The highest BCUT2D eigenvalue weighted by atomic mass is 16.3. The van der Waals surface area contributed by atoms with Crippen LogP contribution in [0.2, 0.25) is 0 Å². The Morgan fingerprint density at radius 1 is 0.283 bits per heavy atom. The van der Waals surface area contributed by atoms with Crippen LogP contribution in [0.3, 0.4) is 0 Å². The average Bonchev–Trinajstić information content (AvgIpc) is 3.63. The minimum Gasteiger partial charge on any atom is -0.455 e. The van der Waals surface area contributed by atoms with Gasteiger partial charge in [0.25, 0.3) is 0 Å². The van der Waals surface area contributed by atoms with Crippen molar-refractivity contribution in [3.8, 4) is 55.6 Å². The lowest BCUT2D eigenvalue weighted by Crippen LogP contribution is -1.92. The van der Waals surface area contributed by atoms with Crippen LogP contribution in [-0.2, 0) is 0 Å². The molecule has 53 heavy (non-hydrogen) atoms. The molecule has 0 aliphatic carbocycles. The Morgan fingerprint density at radius 3 is 1.36 bits per heavy atom. The van der Waals surface area contributed by atoms with Crippen LogP contribution in [0.4, 0.5) is 0 Å². The largest absolute Gasteiger partial charge is 0.455 e. The van der Waals surface area contributed by atoms with Gasteiger partial charge in [-0.3, -0.25) is 0 Å². The zero-order valence-electron chi connectivity index (χ0n) is 28.9. The monoisotopic (exact) mass is 672 g/mol. The molecular formula is C52H32O. The molecule has 0 saturated carbocycles. The first-order valence-electron chi connectivity index (χ1n) is 18.3. The highest BCUT2D eigenvalue weighted by molar-refractivity contribution is 6.31. The second-order valence-electron chi connectivity index (χ2n) is 14.0. The molecule has 0 spiro atoms. The summed E-state index contributed by atoms with van der Waals surface area (Å²) in [4.78, 5) is 0. The van der Waals surface area contributed by atoms with Crippen molar-refractivity contribution in [3.63, 3.8) is 0 Å². The molecule has 0 radical (unpaired) electrons. The molecular weight excluding hydrogens is 641 g/mol. The molecule has 0 atom stereocenters. The first-order chi connectivity index (χ1) is 26.3. The van der Waals surface area contributed by atoms with Gasteiger partial charge >= 0.3 is 0 Å². The van der Waals surface area contributed by atoms with Crippen LogP contribution in [0.15, 0.2) is 199 Å². The third kappa shape index (κ3) is 4.64. The molecule has 1 nitrogen and oxygen atoms in total. The van der Waals surface area contributed by atoms with E-state index in [1.165, 1.54) is 87.6 Å². The molecule has 0 N–H and O–H groups in total. The second kappa shape index (κ2) is 11.8. The molecule has 0 aliphatic rings. The van der Waals surface area contributed by atoms with Gasteiger partial charge in [0.15, 0.2) is 0 Å². The second-order valence-corrected chi connectivity index (χ2v) is 14.0. The maximum atomic E-state index is 6.71. The van der Waals surface area contributed by atoms with Gasteiger partial charge in [0.1, 0.15) is 11.2 Å². The fourth-order valence-electron chi connectivity index (χ4n) is 8.62. The van der Waals surface area contributed by atoms with Crippen LogP contribution in [0.5, 0.6) is 0 Å². The zero-order valence-corrected chi connectivity index (χ0v) is 28.9. The third-order valence-corrected chi connectivity index (χ3v) is 11.1. The van der Waals surface area contributed by atoms with Gasteiger partial charge in [-0.05, 0) is 101 Å². The maximum Gasteiger partial charge on any atom is 0.143 e. The van der Waals surface area contributed by atoms with Gasteiger partial charge in [0, 0.05) is 16.3 Å². The predicted molar refractivity (Wildman–Crippen MR) is 225 cm³/mol. The summed E-state index contributed by atoms with van der Waals surface area (Å²) >= 11 is 0. The molecule has 0 bridgehead atoms. The molecule has 1 aromatic heterocycles. The summed E-state index contributed by atoms with van der Waals surface area (Å²) in [6, 6.07) is 70.4. The lowest BCUT2D eigenvalue weighted by molar-refractivity contribution is 0.670. The highest BCUT2D eigenvalue weighted by Crippen LogP contribution is 2.50. The van der Waals surface area contributed by atoms with Crippen molar-refractivity contribution < 1.29 is 4.42 Å². The van der Waals surface area contributed by atoms with E-state index in [9.17, 15) is 0 Å². The van der Waals surface area contributed by atoms with Crippen molar-refractivity contribution in [3.05, 3.63) is 194 Å². The zero-order chi connectivity index (χ0) is 34.9.